The number of nitrogens with one attached hydrogen (secondary N) is 1. The average Bonchev–Trinajstić information content (AvgIpc) is 3.03. The maximum Gasteiger partial charge on any atom is 0.0732 e. The first kappa shape index (κ1) is 12.6. The second kappa shape index (κ2) is 5.30. The van der Waals surface area contributed by atoms with E-state index in [2.05, 4.69) is 51.2 Å². The number of rotatable bonds is 4. The number of H-pyrrole nitrogens is 1. The molecule has 1 saturated carbocycles. The lowest BCUT2D eigenvalue weighted by Crippen LogP contribution is -2.21. The van der Waals surface area contributed by atoms with Crippen LogP contribution in [0.2, 0.25) is 0 Å². The summed E-state index contributed by atoms with van der Waals surface area (Å²) in [6.45, 7) is 0. The molecular weight excluding hydrogens is 306 g/mol. The third-order valence-electron chi connectivity index (χ3n) is 3.99. The van der Waals surface area contributed by atoms with Crippen LogP contribution < -0.4 is 0 Å². The molecule has 2 aromatic rings. The highest BCUT2D eigenvalue weighted by atomic mass is 79.9. The fourth-order valence-corrected chi connectivity index (χ4v) is 5.06. The van der Waals surface area contributed by atoms with Crippen molar-refractivity contribution in [2.24, 2.45) is 5.41 Å². The van der Waals surface area contributed by atoms with Crippen molar-refractivity contribution in [3.8, 4) is 0 Å². The highest BCUT2D eigenvalue weighted by molar-refractivity contribution is 9.09. The van der Waals surface area contributed by atoms with E-state index in [1.54, 1.807) is 0 Å². The number of aromatic nitrogens is 1. The molecule has 1 aliphatic carbocycles. The van der Waals surface area contributed by atoms with Crippen LogP contribution >= 0.6 is 27.7 Å². The number of fused-ring (bicyclic) bond motifs is 1. The van der Waals surface area contributed by atoms with E-state index in [1.165, 1.54) is 47.4 Å². The molecule has 0 atom stereocenters. The molecule has 1 heterocycles. The summed E-state index contributed by atoms with van der Waals surface area (Å²) < 4.78 is 0. The first-order chi connectivity index (χ1) is 8.81. The number of thioether (sulfide) groups is 1. The van der Waals surface area contributed by atoms with E-state index < -0.39 is 0 Å². The van der Waals surface area contributed by atoms with Crippen molar-refractivity contribution in [3.63, 3.8) is 0 Å². The molecule has 0 unspecified atom stereocenters. The van der Waals surface area contributed by atoms with Crippen LogP contribution in [0.1, 0.15) is 25.7 Å². The van der Waals surface area contributed by atoms with Gasteiger partial charge in [0.2, 0.25) is 0 Å². The summed E-state index contributed by atoms with van der Waals surface area (Å²) >= 11 is 5.70. The molecule has 1 N–H and O–H groups in total. The molecule has 1 nitrogen and oxygen atoms in total. The van der Waals surface area contributed by atoms with E-state index in [1.807, 2.05) is 11.8 Å². The van der Waals surface area contributed by atoms with Gasteiger partial charge in [-0.05, 0) is 30.4 Å². The second-order valence-corrected chi connectivity index (χ2v) is 6.93. The molecule has 96 valence electrons. The Morgan fingerprint density at radius 2 is 2.00 bits per heavy atom. The summed E-state index contributed by atoms with van der Waals surface area (Å²) in [5, 5.41) is 3.77. The van der Waals surface area contributed by atoms with Crippen LogP contribution in [0, 0.1) is 5.41 Å². The number of para-hydroxylation sites is 1. The Morgan fingerprint density at radius 3 is 2.72 bits per heavy atom. The number of aromatic amines is 1. The van der Waals surface area contributed by atoms with Gasteiger partial charge in [-0.25, -0.2) is 0 Å². The van der Waals surface area contributed by atoms with Gasteiger partial charge in [0.15, 0.2) is 0 Å². The van der Waals surface area contributed by atoms with Crippen LogP contribution in [-0.4, -0.2) is 16.1 Å². The van der Waals surface area contributed by atoms with Crippen LogP contribution in [0.25, 0.3) is 10.9 Å². The zero-order chi connectivity index (χ0) is 12.4. The van der Waals surface area contributed by atoms with Gasteiger partial charge >= 0.3 is 0 Å². The predicted octanol–water partition coefficient (Wildman–Crippen LogP) is 5.22. The van der Waals surface area contributed by atoms with Gasteiger partial charge in [-0.15, -0.1) is 11.8 Å². The van der Waals surface area contributed by atoms with Crippen LogP contribution in [-0.2, 0) is 0 Å². The molecule has 1 fully saturated rings. The zero-order valence-electron chi connectivity index (χ0n) is 10.4. The largest absolute Gasteiger partial charge is 0.350 e. The zero-order valence-corrected chi connectivity index (χ0v) is 12.8. The van der Waals surface area contributed by atoms with Crippen LogP contribution in [0.3, 0.4) is 0 Å². The van der Waals surface area contributed by atoms with Crippen LogP contribution in [0.4, 0.5) is 0 Å². The van der Waals surface area contributed by atoms with Gasteiger partial charge in [0, 0.05) is 22.0 Å². The molecule has 0 radical (unpaired) electrons. The van der Waals surface area contributed by atoms with Crippen molar-refractivity contribution >= 4 is 38.6 Å². The van der Waals surface area contributed by atoms with Crippen molar-refractivity contribution in [2.45, 2.75) is 30.7 Å². The third kappa shape index (κ3) is 2.48. The number of benzene rings is 1. The molecule has 0 bridgehead atoms. The molecule has 18 heavy (non-hydrogen) atoms. The van der Waals surface area contributed by atoms with E-state index in [-0.39, 0.29) is 0 Å². The Kier molecular flexibility index (Phi) is 3.71. The molecule has 1 aliphatic rings. The lowest BCUT2D eigenvalue weighted by Gasteiger charge is -2.25. The van der Waals surface area contributed by atoms with Crippen LogP contribution in [0.5, 0.6) is 0 Å². The Hall–Kier alpha value is -0.410. The number of alkyl halides is 1. The molecule has 1 aromatic carbocycles. The summed E-state index contributed by atoms with van der Waals surface area (Å²) in [5.74, 6) is 1.23. The van der Waals surface area contributed by atoms with Gasteiger partial charge in [-0.3, -0.25) is 0 Å². The van der Waals surface area contributed by atoms with E-state index in [0.717, 1.165) is 5.33 Å². The second-order valence-electron chi connectivity index (χ2n) is 5.35. The monoisotopic (exact) mass is 323 g/mol. The first-order valence-electron chi connectivity index (χ1n) is 6.58. The molecule has 0 saturated heterocycles. The minimum atomic E-state index is 0.530. The average molecular weight is 324 g/mol. The van der Waals surface area contributed by atoms with Gasteiger partial charge < -0.3 is 4.98 Å². The number of hydrogen-bond donors (Lipinski definition) is 1. The summed E-state index contributed by atoms with van der Waals surface area (Å²) in [4.78, 5) is 3.51. The fourth-order valence-electron chi connectivity index (χ4n) is 2.80. The third-order valence-corrected chi connectivity index (χ3v) is 6.46. The molecule has 3 heteroatoms. The summed E-state index contributed by atoms with van der Waals surface area (Å²) in [7, 11) is 0. The van der Waals surface area contributed by atoms with E-state index >= 15 is 0 Å². The summed E-state index contributed by atoms with van der Waals surface area (Å²) in [6, 6.07) is 10.8. The van der Waals surface area contributed by atoms with Gasteiger partial charge in [-0.2, -0.15) is 0 Å². The quantitative estimate of drug-likeness (QED) is 0.602. The first-order valence-corrected chi connectivity index (χ1v) is 8.69. The maximum absolute atomic E-state index is 3.72. The summed E-state index contributed by atoms with van der Waals surface area (Å²) in [5.41, 5.74) is 1.78. The number of hydrogen-bond acceptors (Lipinski definition) is 1. The maximum atomic E-state index is 3.72. The van der Waals surface area contributed by atoms with E-state index in [9.17, 15) is 0 Å². The molecule has 0 amide bonds. The lowest BCUT2D eigenvalue weighted by atomic mass is 9.92. The highest BCUT2D eigenvalue weighted by Gasteiger charge is 2.32. The van der Waals surface area contributed by atoms with Crippen molar-refractivity contribution in [3.05, 3.63) is 30.3 Å². The van der Waals surface area contributed by atoms with Crippen LogP contribution in [0.15, 0.2) is 35.4 Å². The molecular formula is C15H18BrNS. The van der Waals surface area contributed by atoms with E-state index in [4.69, 9.17) is 0 Å². The molecule has 0 spiro atoms. The minimum absolute atomic E-state index is 0.530. The number of halogens is 1. The summed E-state index contributed by atoms with van der Waals surface area (Å²) in [6.07, 6.45) is 5.56. The normalized spacial score (nSPS) is 18.5. The molecule has 3 rings (SSSR count). The van der Waals surface area contributed by atoms with Crippen molar-refractivity contribution in [2.75, 3.05) is 11.1 Å². The van der Waals surface area contributed by atoms with Crippen molar-refractivity contribution in [1.29, 1.82) is 0 Å². The Bertz CT molecular complexity index is 495. The van der Waals surface area contributed by atoms with E-state index in [0.29, 0.717) is 5.41 Å². The minimum Gasteiger partial charge on any atom is -0.350 e. The lowest BCUT2D eigenvalue weighted by molar-refractivity contribution is 0.405. The Labute approximate surface area is 121 Å². The Morgan fingerprint density at radius 1 is 1.22 bits per heavy atom. The topological polar surface area (TPSA) is 15.8 Å². The molecule has 0 aliphatic heterocycles. The van der Waals surface area contributed by atoms with Crippen molar-refractivity contribution in [1.82, 2.24) is 4.98 Å². The van der Waals surface area contributed by atoms with Gasteiger partial charge in [-0.1, -0.05) is 47.0 Å². The van der Waals surface area contributed by atoms with Gasteiger partial charge in [0.1, 0.15) is 0 Å². The molecule has 1 aromatic heterocycles. The smallest absolute Gasteiger partial charge is 0.0732 e. The Balaban J connectivity index is 1.72. The fraction of sp³-hybridized carbons (Fsp3) is 0.467. The van der Waals surface area contributed by atoms with Crippen molar-refractivity contribution < 1.29 is 0 Å². The van der Waals surface area contributed by atoms with Gasteiger partial charge in [0.25, 0.3) is 0 Å². The standard InChI is InChI=1S/C15H18BrNS/c16-10-15(7-3-4-8-15)11-18-14-9-12-5-1-2-6-13(12)17-14/h1-2,5-6,9,17H,3-4,7-8,10-11H2. The predicted molar refractivity (Wildman–Crippen MR) is 83.7 cm³/mol. The highest BCUT2D eigenvalue weighted by Crippen LogP contribution is 2.43. The SMILES string of the molecule is BrCC1(CSc2cc3ccccc3[nH]2)CCCC1. The van der Waals surface area contributed by atoms with Gasteiger partial charge in [0.05, 0.1) is 5.03 Å².